The lowest BCUT2D eigenvalue weighted by Crippen LogP contribution is -2.47. The first-order valence-corrected chi connectivity index (χ1v) is 5.67. The second kappa shape index (κ2) is 4.72. The number of nitrogens with one attached hydrogen (secondary N) is 1. The summed E-state index contributed by atoms with van der Waals surface area (Å²) in [7, 11) is 0. The van der Waals surface area contributed by atoms with Gasteiger partial charge in [-0.2, -0.15) is 0 Å². The minimum atomic E-state index is -0.888. The lowest BCUT2D eigenvalue weighted by atomic mass is 9.69. The van der Waals surface area contributed by atoms with Gasteiger partial charge < -0.3 is 10.4 Å². The topological polar surface area (TPSA) is 79.3 Å². The van der Waals surface area contributed by atoms with Crippen molar-refractivity contribution in [1.82, 2.24) is 10.3 Å². The molecule has 1 heterocycles. The van der Waals surface area contributed by atoms with Crippen LogP contribution in [0.3, 0.4) is 0 Å². The first-order valence-electron chi connectivity index (χ1n) is 5.67. The lowest BCUT2D eigenvalue weighted by molar-refractivity contribution is -0.153. The van der Waals surface area contributed by atoms with Crippen LogP contribution in [0.1, 0.15) is 29.8 Å². The molecule has 2 N–H and O–H groups in total. The molecule has 0 bridgehead atoms. The molecule has 6 heteroatoms. The Bertz CT molecular complexity index is 469. The van der Waals surface area contributed by atoms with Crippen LogP contribution < -0.4 is 5.32 Å². The summed E-state index contributed by atoms with van der Waals surface area (Å²) < 4.78 is 12.6. The Balaban J connectivity index is 1.96. The molecule has 1 aliphatic carbocycles. The molecule has 0 aliphatic heterocycles. The van der Waals surface area contributed by atoms with Crippen molar-refractivity contribution in [3.63, 3.8) is 0 Å². The van der Waals surface area contributed by atoms with Crippen molar-refractivity contribution >= 4 is 11.9 Å². The smallest absolute Gasteiger partial charge is 0.311 e. The minimum Gasteiger partial charge on any atom is -0.481 e. The minimum absolute atomic E-state index is 0.0799. The molecule has 1 fully saturated rings. The maximum Gasteiger partial charge on any atom is 0.311 e. The van der Waals surface area contributed by atoms with Gasteiger partial charge in [-0.25, -0.2) is 9.37 Å². The molecular formula is C12H13FN2O3. The van der Waals surface area contributed by atoms with Crippen molar-refractivity contribution in [1.29, 1.82) is 0 Å². The molecule has 1 saturated carbocycles. The highest BCUT2D eigenvalue weighted by Crippen LogP contribution is 2.40. The molecule has 0 unspecified atom stereocenters. The summed E-state index contributed by atoms with van der Waals surface area (Å²) in [6.45, 7) is 0.0836. The van der Waals surface area contributed by atoms with Crippen molar-refractivity contribution < 1.29 is 19.1 Å². The van der Waals surface area contributed by atoms with Crippen LogP contribution in [0.15, 0.2) is 18.3 Å². The molecule has 1 aromatic heterocycles. The van der Waals surface area contributed by atoms with Crippen LogP contribution in [0.25, 0.3) is 0 Å². The third-order valence-corrected chi connectivity index (χ3v) is 3.31. The van der Waals surface area contributed by atoms with Gasteiger partial charge in [0.05, 0.1) is 11.6 Å². The zero-order valence-electron chi connectivity index (χ0n) is 9.65. The van der Waals surface area contributed by atoms with Crippen LogP contribution in [0.4, 0.5) is 4.39 Å². The highest BCUT2D eigenvalue weighted by Gasteiger charge is 2.44. The zero-order valence-corrected chi connectivity index (χ0v) is 9.65. The van der Waals surface area contributed by atoms with Gasteiger partial charge in [0.25, 0.3) is 5.91 Å². The van der Waals surface area contributed by atoms with E-state index in [-0.39, 0.29) is 12.2 Å². The molecule has 1 amide bonds. The largest absolute Gasteiger partial charge is 0.481 e. The quantitative estimate of drug-likeness (QED) is 0.844. The Morgan fingerprint density at radius 3 is 2.61 bits per heavy atom. The molecule has 0 atom stereocenters. The third-order valence-electron chi connectivity index (χ3n) is 3.31. The Hall–Kier alpha value is -1.98. The number of halogens is 1. The van der Waals surface area contributed by atoms with E-state index in [1.807, 2.05) is 0 Å². The maximum absolute atomic E-state index is 12.6. The number of pyridine rings is 1. The fraction of sp³-hybridized carbons (Fsp3) is 0.417. The van der Waals surface area contributed by atoms with E-state index in [4.69, 9.17) is 5.11 Å². The number of aromatic nitrogens is 1. The molecule has 1 aromatic rings. The Morgan fingerprint density at radius 1 is 1.44 bits per heavy atom. The summed E-state index contributed by atoms with van der Waals surface area (Å²) in [5.41, 5.74) is -0.758. The van der Waals surface area contributed by atoms with Gasteiger partial charge >= 0.3 is 5.97 Å². The van der Waals surface area contributed by atoms with Crippen LogP contribution in [-0.2, 0) is 4.79 Å². The molecule has 18 heavy (non-hydrogen) atoms. The molecule has 0 saturated heterocycles. The van der Waals surface area contributed by atoms with Gasteiger partial charge in [0, 0.05) is 6.54 Å². The number of hydrogen-bond acceptors (Lipinski definition) is 3. The van der Waals surface area contributed by atoms with E-state index in [9.17, 15) is 14.0 Å². The van der Waals surface area contributed by atoms with Crippen LogP contribution >= 0.6 is 0 Å². The number of aliphatic carboxylic acids is 1. The van der Waals surface area contributed by atoms with E-state index in [1.54, 1.807) is 0 Å². The zero-order chi connectivity index (χ0) is 13.2. The van der Waals surface area contributed by atoms with Gasteiger partial charge in [-0.3, -0.25) is 9.59 Å². The number of carboxylic acid groups (broad SMARTS) is 1. The van der Waals surface area contributed by atoms with Crippen molar-refractivity contribution in [3.05, 3.63) is 29.8 Å². The highest BCUT2D eigenvalue weighted by atomic mass is 19.1. The fourth-order valence-corrected chi connectivity index (χ4v) is 1.92. The number of carboxylic acids is 1. The lowest BCUT2D eigenvalue weighted by Gasteiger charge is -2.37. The van der Waals surface area contributed by atoms with E-state index in [1.165, 1.54) is 6.07 Å². The summed E-state index contributed by atoms with van der Waals surface area (Å²) >= 11 is 0. The van der Waals surface area contributed by atoms with E-state index in [2.05, 4.69) is 10.3 Å². The maximum atomic E-state index is 12.6. The van der Waals surface area contributed by atoms with Crippen LogP contribution in [0.5, 0.6) is 0 Å². The molecule has 96 valence electrons. The van der Waals surface area contributed by atoms with Gasteiger partial charge in [-0.1, -0.05) is 6.42 Å². The molecule has 5 nitrogen and oxygen atoms in total. The fourth-order valence-electron chi connectivity index (χ4n) is 1.92. The molecule has 0 radical (unpaired) electrons. The average molecular weight is 252 g/mol. The van der Waals surface area contributed by atoms with Gasteiger partial charge in [0.1, 0.15) is 11.5 Å². The third kappa shape index (κ3) is 2.32. The van der Waals surface area contributed by atoms with Crippen LogP contribution in [-0.4, -0.2) is 28.5 Å². The summed E-state index contributed by atoms with van der Waals surface area (Å²) in [6, 6.07) is 2.40. The van der Waals surface area contributed by atoms with E-state index >= 15 is 0 Å². The number of nitrogens with zero attached hydrogens (tertiary/aromatic N) is 1. The van der Waals surface area contributed by atoms with E-state index in [0.29, 0.717) is 12.8 Å². The standard InChI is InChI=1S/C12H13FN2O3/c13-8-2-3-9(14-6-8)10(16)15-7-12(11(17)18)4-1-5-12/h2-3,6H,1,4-5,7H2,(H,15,16)(H,17,18). The summed E-state index contributed by atoms with van der Waals surface area (Å²) in [5.74, 6) is -1.89. The molecule has 1 aliphatic rings. The number of amides is 1. The van der Waals surface area contributed by atoms with E-state index in [0.717, 1.165) is 18.7 Å². The SMILES string of the molecule is O=C(NCC1(C(=O)O)CCC1)c1ccc(F)cn1. The van der Waals surface area contributed by atoms with Crippen LogP contribution in [0.2, 0.25) is 0 Å². The highest BCUT2D eigenvalue weighted by molar-refractivity contribution is 5.92. The summed E-state index contributed by atoms with van der Waals surface area (Å²) in [4.78, 5) is 26.4. The molecular weight excluding hydrogens is 239 g/mol. The monoisotopic (exact) mass is 252 g/mol. The van der Waals surface area contributed by atoms with Crippen LogP contribution in [0, 0.1) is 11.2 Å². The summed E-state index contributed by atoms with van der Waals surface area (Å²) in [5, 5.41) is 11.6. The average Bonchev–Trinajstić information content (AvgIpc) is 2.27. The normalized spacial score (nSPS) is 16.7. The van der Waals surface area contributed by atoms with Crippen molar-refractivity contribution in [2.24, 2.45) is 5.41 Å². The second-order valence-electron chi connectivity index (χ2n) is 4.48. The van der Waals surface area contributed by atoms with Crippen molar-refractivity contribution in [2.45, 2.75) is 19.3 Å². The Kier molecular flexibility index (Phi) is 3.27. The van der Waals surface area contributed by atoms with Gasteiger partial charge in [-0.05, 0) is 25.0 Å². The second-order valence-corrected chi connectivity index (χ2v) is 4.48. The molecule has 0 spiro atoms. The van der Waals surface area contributed by atoms with Gasteiger partial charge in [0.15, 0.2) is 0 Å². The number of hydrogen-bond donors (Lipinski definition) is 2. The Morgan fingerprint density at radius 2 is 2.17 bits per heavy atom. The van der Waals surface area contributed by atoms with Crippen molar-refractivity contribution in [2.75, 3.05) is 6.54 Å². The first kappa shape index (κ1) is 12.5. The number of carbonyl (C=O) groups is 2. The number of carbonyl (C=O) groups excluding carboxylic acids is 1. The Labute approximate surface area is 103 Å². The number of rotatable bonds is 4. The predicted octanol–water partition coefficient (Wildman–Crippen LogP) is 1.21. The van der Waals surface area contributed by atoms with Gasteiger partial charge in [-0.15, -0.1) is 0 Å². The molecule has 2 rings (SSSR count). The molecule has 0 aromatic carbocycles. The summed E-state index contributed by atoms with van der Waals surface area (Å²) in [6.07, 6.45) is 2.95. The predicted molar refractivity (Wildman–Crippen MR) is 60.4 cm³/mol. The first-order chi connectivity index (χ1) is 8.53. The van der Waals surface area contributed by atoms with Crippen molar-refractivity contribution in [3.8, 4) is 0 Å². The van der Waals surface area contributed by atoms with E-state index < -0.39 is 23.1 Å². The van der Waals surface area contributed by atoms with Gasteiger partial charge in [0.2, 0.25) is 0 Å².